The van der Waals surface area contributed by atoms with Crippen molar-refractivity contribution in [3.05, 3.63) is 28.4 Å². The zero-order valence-electron chi connectivity index (χ0n) is 8.42. The van der Waals surface area contributed by atoms with Gasteiger partial charge in [0.1, 0.15) is 6.04 Å². The van der Waals surface area contributed by atoms with E-state index in [-0.39, 0.29) is 11.9 Å². The number of carbonyl (C=O) groups is 1. The predicted octanol–water partition coefficient (Wildman–Crippen LogP) is 2.30. The van der Waals surface area contributed by atoms with Crippen LogP contribution >= 0.6 is 27.3 Å². The number of halogens is 1. The first kappa shape index (κ1) is 11.3. The van der Waals surface area contributed by atoms with Gasteiger partial charge in [-0.2, -0.15) is 5.10 Å². The second-order valence-electron chi connectivity index (χ2n) is 3.12. The lowest BCUT2D eigenvalue weighted by Crippen LogP contribution is -2.23. The molecule has 0 saturated carbocycles. The van der Waals surface area contributed by atoms with Crippen molar-refractivity contribution in [2.45, 2.75) is 13.0 Å². The largest absolute Gasteiger partial charge is 0.300 e. The molecule has 0 aliphatic rings. The number of amides is 1. The highest BCUT2D eigenvalue weighted by molar-refractivity contribution is 9.11. The molecule has 0 bridgehead atoms. The van der Waals surface area contributed by atoms with Crippen LogP contribution in [0, 0.1) is 0 Å². The lowest BCUT2D eigenvalue weighted by Gasteiger charge is -2.10. The fourth-order valence-corrected chi connectivity index (χ4v) is 2.26. The summed E-state index contributed by atoms with van der Waals surface area (Å²) < 4.78 is 2.48. The van der Waals surface area contributed by atoms with E-state index in [2.05, 4.69) is 31.3 Å². The fraction of sp³-hybridized carbons (Fsp3) is 0.222. The van der Waals surface area contributed by atoms with E-state index in [4.69, 9.17) is 0 Å². The molecule has 0 aromatic carbocycles. The molecular weight excluding hydrogens is 292 g/mol. The van der Waals surface area contributed by atoms with E-state index in [1.54, 1.807) is 36.3 Å². The minimum atomic E-state index is -0.349. The van der Waals surface area contributed by atoms with Crippen molar-refractivity contribution in [2.24, 2.45) is 0 Å². The molecule has 0 spiro atoms. The lowest BCUT2D eigenvalue weighted by molar-refractivity contribution is -0.119. The number of anilines is 1. The molecule has 0 saturated heterocycles. The molecule has 1 unspecified atom stereocenters. The molecule has 0 radical (unpaired) electrons. The number of carbonyl (C=O) groups excluding carboxylic acids is 1. The number of hydrogen-bond donors (Lipinski definition) is 1. The Morgan fingerprint density at radius 3 is 3.06 bits per heavy atom. The van der Waals surface area contributed by atoms with Crippen LogP contribution < -0.4 is 5.32 Å². The molecular formula is C9H9BrN4OS. The van der Waals surface area contributed by atoms with Crippen molar-refractivity contribution < 1.29 is 4.79 Å². The van der Waals surface area contributed by atoms with Gasteiger partial charge in [-0.3, -0.25) is 9.48 Å². The maximum Gasteiger partial charge on any atom is 0.250 e. The third-order valence-electron chi connectivity index (χ3n) is 2.01. The molecule has 0 fully saturated rings. The van der Waals surface area contributed by atoms with Gasteiger partial charge in [0.25, 0.3) is 5.91 Å². The molecule has 5 nitrogen and oxygen atoms in total. The van der Waals surface area contributed by atoms with Gasteiger partial charge >= 0.3 is 0 Å². The Bertz CT molecular complexity index is 481. The van der Waals surface area contributed by atoms with Crippen molar-refractivity contribution >= 4 is 38.3 Å². The van der Waals surface area contributed by atoms with Gasteiger partial charge in [-0.25, -0.2) is 4.98 Å². The fourth-order valence-electron chi connectivity index (χ4n) is 1.15. The number of hydrogen-bond acceptors (Lipinski definition) is 4. The normalized spacial score (nSPS) is 12.4. The van der Waals surface area contributed by atoms with Gasteiger partial charge in [-0.05, 0) is 28.9 Å². The average molecular weight is 301 g/mol. The zero-order chi connectivity index (χ0) is 11.5. The van der Waals surface area contributed by atoms with Gasteiger partial charge in [0.15, 0.2) is 5.13 Å². The molecule has 2 aromatic rings. The van der Waals surface area contributed by atoms with Crippen LogP contribution in [-0.4, -0.2) is 20.7 Å². The average Bonchev–Trinajstić information content (AvgIpc) is 2.88. The van der Waals surface area contributed by atoms with E-state index in [0.29, 0.717) is 5.13 Å². The third-order valence-corrected chi connectivity index (χ3v) is 3.40. The van der Waals surface area contributed by atoms with Crippen LogP contribution in [0.2, 0.25) is 0 Å². The Balaban J connectivity index is 2.03. The second-order valence-corrected chi connectivity index (χ2v) is 5.53. The number of aromatic nitrogens is 3. The molecule has 16 heavy (non-hydrogen) atoms. The van der Waals surface area contributed by atoms with Crippen LogP contribution in [0.25, 0.3) is 0 Å². The Morgan fingerprint density at radius 1 is 1.69 bits per heavy atom. The molecule has 2 rings (SSSR count). The molecule has 84 valence electrons. The van der Waals surface area contributed by atoms with Crippen molar-refractivity contribution in [3.63, 3.8) is 0 Å². The molecule has 0 aliphatic carbocycles. The quantitative estimate of drug-likeness (QED) is 0.946. The van der Waals surface area contributed by atoms with E-state index < -0.39 is 0 Å². The number of rotatable bonds is 3. The molecule has 2 heterocycles. The Hall–Kier alpha value is -1.21. The number of nitrogens with zero attached hydrogens (tertiary/aromatic N) is 3. The first-order valence-corrected chi connectivity index (χ1v) is 6.19. The second kappa shape index (κ2) is 4.75. The Morgan fingerprint density at radius 2 is 2.50 bits per heavy atom. The van der Waals surface area contributed by atoms with Gasteiger partial charge in [-0.1, -0.05) is 11.3 Å². The molecule has 7 heteroatoms. The lowest BCUT2D eigenvalue weighted by atomic mass is 10.3. The van der Waals surface area contributed by atoms with Crippen molar-refractivity contribution in [3.8, 4) is 0 Å². The van der Waals surface area contributed by atoms with Gasteiger partial charge < -0.3 is 5.32 Å². The monoisotopic (exact) mass is 300 g/mol. The van der Waals surface area contributed by atoms with E-state index in [0.717, 1.165) is 3.79 Å². The van der Waals surface area contributed by atoms with Crippen LogP contribution in [0.4, 0.5) is 5.13 Å². The van der Waals surface area contributed by atoms with Gasteiger partial charge in [0, 0.05) is 12.4 Å². The minimum absolute atomic E-state index is 0.134. The van der Waals surface area contributed by atoms with E-state index >= 15 is 0 Å². The van der Waals surface area contributed by atoms with Crippen LogP contribution in [0.5, 0.6) is 0 Å². The summed E-state index contributed by atoms with van der Waals surface area (Å²) in [5.74, 6) is -0.134. The smallest absolute Gasteiger partial charge is 0.250 e. The summed E-state index contributed by atoms with van der Waals surface area (Å²) in [6.45, 7) is 1.78. The minimum Gasteiger partial charge on any atom is -0.300 e. The highest BCUT2D eigenvalue weighted by Crippen LogP contribution is 2.23. The Labute approximate surface area is 105 Å². The van der Waals surface area contributed by atoms with Crippen molar-refractivity contribution in [1.82, 2.24) is 14.8 Å². The van der Waals surface area contributed by atoms with Gasteiger partial charge in [0.2, 0.25) is 0 Å². The summed E-state index contributed by atoms with van der Waals surface area (Å²) in [7, 11) is 0. The summed E-state index contributed by atoms with van der Waals surface area (Å²) in [5, 5.41) is 7.32. The van der Waals surface area contributed by atoms with E-state index in [1.165, 1.54) is 11.3 Å². The third kappa shape index (κ3) is 2.48. The van der Waals surface area contributed by atoms with Crippen molar-refractivity contribution in [2.75, 3.05) is 5.32 Å². The van der Waals surface area contributed by atoms with Crippen LogP contribution in [0.1, 0.15) is 13.0 Å². The summed E-state index contributed by atoms with van der Waals surface area (Å²) >= 11 is 4.66. The summed E-state index contributed by atoms with van der Waals surface area (Å²) in [4.78, 5) is 15.8. The molecule has 1 N–H and O–H groups in total. The first-order valence-electron chi connectivity index (χ1n) is 4.58. The van der Waals surface area contributed by atoms with Crippen LogP contribution in [0.3, 0.4) is 0 Å². The zero-order valence-corrected chi connectivity index (χ0v) is 10.8. The molecule has 2 aromatic heterocycles. The summed E-state index contributed by atoms with van der Waals surface area (Å²) in [6.07, 6.45) is 5.05. The number of nitrogens with one attached hydrogen (secondary N) is 1. The first-order chi connectivity index (χ1) is 7.66. The maximum atomic E-state index is 11.8. The van der Waals surface area contributed by atoms with Crippen LogP contribution in [0.15, 0.2) is 28.4 Å². The topological polar surface area (TPSA) is 59.8 Å². The van der Waals surface area contributed by atoms with Gasteiger partial charge in [-0.15, -0.1) is 0 Å². The molecule has 0 aliphatic heterocycles. The summed E-state index contributed by atoms with van der Waals surface area (Å²) in [6, 6.07) is 1.43. The van der Waals surface area contributed by atoms with E-state index in [1.807, 2.05) is 0 Å². The predicted molar refractivity (Wildman–Crippen MR) is 65.4 cm³/mol. The standard InChI is InChI=1S/C9H9BrN4OS/c1-6(14-4-2-3-12-14)8(15)13-9-11-5-7(10)16-9/h2-6H,1H3,(H,11,13,15). The number of thiazole rings is 1. The SMILES string of the molecule is CC(C(=O)Nc1ncc(Br)s1)n1cccn1. The highest BCUT2D eigenvalue weighted by Gasteiger charge is 2.16. The van der Waals surface area contributed by atoms with Crippen molar-refractivity contribution in [1.29, 1.82) is 0 Å². The highest BCUT2D eigenvalue weighted by atomic mass is 79.9. The molecule has 1 amide bonds. The van der Waals surface area contributed by atoms with Gasteiger partial charge in [0.05, 0.1) is 9.98 Å². The maximum absolute atomic E-state index is 11.8. The molecule has 1 atom stereocenters. The van der Waals surface area contributed by atoms with E-state index in [9.17, 15) is 4.79 Å². The summed E-state index contributed by atoms with van der Waals surface area (Å²) in [5.41, 5.74) is 0. The van der Waals surface area contributed by atoms with Crippen LogP contribution in [-0.2, 0) is 4.79 Å². The Kier molecular flexibility index (Phi) is 3.35.